The van der Waals surface area contributed by atoms with Crippen molar-refractivity contribution in [2.45, 2.75) is 51.2 Å². The number of fused-ring (bicyclic) bond motifs is 1. The monoisotopic (exact) mass is 301 g/mol. The topological polar surface area (TPSA) is 35.5 Å². The zero-order valence-electron chi connectivity index (χ0n) is 13.6. The van der Waals surface area contributed by atoms with E-state index in [1.54, 1.807) is 0 Å². The van der Waals surface area contributed by atoms with E-state index < -0.39 is 0 Å². The molecule has 4 heterocycles. The van der Waals surface area contributed by atoms with Crippen molar-refractivity contribution in [3.05, 3.63) is 18.0 Å². The van der Waals surface area contributed by atoms with Gasteiger partial charge in [0.25, 0.3) is 0 Å². The van der Waals surface area contributed by atoms with Gasteiger partial charge in [0.1, 0.15) is 0 Å². The smallest absolute Gasteiger partial charge is 0.225 e. The summed E-state index contributed by atoms with van der Waals surface area (Å²) in [5, 5.41) is 0. The number of anilines is 1. The maximum Gasteiger partial charge on any atom is 0.225 e. The summed E-state index contributed by atoms with van der Waals surface area (Å²) >= 11 is 0. The van der Waals surface area contributed by atoms with Crippen LogP contribution in [0.3, 0.4) is 0 Å². The van der Waals surface area contributed by atoms with E-state index in [2.05, 4.69) is 32.7 Å². The molecule has 0 radical (unpaired) electrons. The first-order valence-electron chi connectivity index (χ1n) is 8.84. The van der Waals surface area contributed by atoms with Gasteiger partial charge in [-0.25, -0.2) is 9.97 Å². The molecule has 5 heteroatoms. The third-order valence-corrected chi connectivity index (χ3v) is 5.52. The fourth-order valence-electron chi connectivity index (χ4n) is 4.22. The van der Waals surface area contributed by atoms with Gasteiger partial charge in [0, 0.05) is 51.0 Å². The first-order valence-corrected chi connectivity index (χ1v) is 8.84. The fraction of sp³-hybridized carbons (Fsp3) is 0.765. The number of nitrogens with zero attached hydrogens (tertiary/aromatic N) is 5. The van der Waals surface area contributed by atoms with Crippen LogP contribution in [-0.2, 0) is 6.54 Å². The molecule has 1 aromatic heterocycles. The normalized spacial score (nSPS) is 30.0. The number of hydrogen-bond donors (Lipinski definition) is 0. The summed E-state index contributed by atoms with van der Waals surface area (Å²) in [6.45, 7) is 9.27. The summed E-state index contributed by atoms with van der Waals surface area (Å²) < 4.78 is 0. The third kappa shape index (κ3) is 2.84. The highest BCUT2D eigenvalue weighted by Crippen LogP contribution is 2.25. The van der Waals surface area contributed by atoms with Crippen LogP contribution in [-0.4, -0.2) is 64.6 Å². The molecule has 3 aliphatic heterocycles. The molecule has 0 saturated carbocycles. The summed E-state index contributed by atoms with van der Waals surface area (Å²) in [4.78, 5) is 16.9. The summed E-state index contributed by atoms with van der Waals surface area (Å²) in [6.07, 6.45) is 7.22. The van der Waals surface area contributed by atoms with Crippen molar-refractivity contribution in [3.63, 3.8) is 0 Å². The average Bonchev–Trinajstić information content (AvgIpc) is 3.19. The Hall–Kier alpha value is -1.20. The van der Waals surface area contributed by atoms with Crippen molar-refractivity contribution in [1.82, 2.24) is 19.8 Å². The van der Waals surface area contributed by atoms with Gasteiger partial charge in [-0.3, -0.25) is 9.80 Å². The molecule has 2 atom stereocenters. The Kier molecular flexibility index (Phi) is 4.01. The van der Waals surface area contributed by atoms with Gasteiger partial charge in [-0.2, -0.15) is 0 Å². The van der Waals surface area contributed by atoms with Gasteiger partial charge in [-0.1, -0.05) is 0 Å². The SMILES string of the molecule is C[C@@H]1CN2CCCC2CN1Cc1ccnc(N2CCCC2)n1. The van der Waals surface area contributed by atoms with Crippen LogP contribution in [0.1, 0.15) is 38.3 Å². The van der Waals surface area contributed by atoms with Gasteiger partial charge in [0.15, 0.2) is 0 Å². The van der Waals surface area contributed by atoms with E-state index in [0.29, 0.717) is 6.04 Å². The van der Waals surface area contributed by atoms with Crippen LogP contribution in [0.5, 0.6) is 0 Å². The molecule has 3 fully saturated rings. The maximum atomic E-state index is 4.83. The molecule has 4 rings (SSSR count). The molecule has 0 amide bonds. The molecule has 3 saturated heterocycles. The lowest BCUT2D eigenvalue weighted by Crippen LogP contribution is -2.54. The second-order valence-electron chi connectivity index (χ2n) is 7.11. The molecule has 120 valence electrons. The van der Waals surface area contributed by atoms with Gasteiger partial charge in [0.05, 0.1) is 5.69 Å². The van der Waals surface area contributed by atoms with E-state index in [1.807, 2.05) is 6.20 Å². The third-order valence-electron chi connectivity index (χ3n) is 5.52. The molecule has 22 heavy (non-hydrogen) atoms. The molecule has 1 aromatic rings. The van der Waals surface area contributed by atoms with Gasteiger partial charge < -0.3 is 4.90 Å². The van der Waals surface area contributed by atoms with Gasteiger partial charge in [0.2, 0.25) is 5.95 Å². The lowest BCUT2D eigenvalue weighted by molar-refractivity contribution is 0.0532. The van der Waals surface area contributed by atoms with Crippen molar-refractivity contribution < 1.29 is 0 Å². The largest absolute Gasteiger partial charge is 0.341 e. The fourth-order valence-corrected chi connectivity index (χ4v) is 4.22. The summed E-state index contributed by atoms with van der Waals surface area (Å²) in [5.41, 5.74) is 1.18. The van der Waals surface area contributed by atoms with E-state index in [1.165, 1.54) is 51.0 Å². The number of piperazine rings is 1. The number of rotatable bonds is 3. The quantitative estimate of drug-likeness (QED) is 0.850. The second kappa shape index (κ2) is 6.13. The zero-order valence-corrected chi connectivity index (χ0v) is 13.6. The first kappa shape index (κ1) is 14.4. The molecule has 0 spiro atoms. The van der Waals surface area contributed by atoms with Gasteiger partial charge in [-0.05, 0) is 45.2 Å². The van der Waals surface area contributed by atoms with E-state index >= 15 is 0 Å². The molecular formula is C17H27N5. The Morgan fingerprint density at radius 3 is 2.86 bits per heavy atom. The molecule has 5 nitrogen and oxygen atoms in total. The molecule has 0 bridgehead atoms. The lowest BCUT2D eigenvalue weighted by atomic mass is 10.1. The molecule has 1 unspecified atom stereocenters. The van der Waals surface area contributed by atoms with Gasteiger partial charge in [-0.15, -0.1) is 0 Å². The highest BCUT2D eigenvalue weighted by atomic mass is 15.3. The molecule has 0 aliphatic carbocycles. The Morgan fingerprint density at radius 2 is 2.00 bits per heavy atom. The standard InChI is InChI=1S/C17H27N5/c1-14-11-21-10-4-5-16(21)13-22(14)12-15-6-7-18-17(19-15)20-8-2-3-9-20/h6-7,14,16H,2-5,8-13H2,1H3/t14-,16?/m1/s1. The van der Waals surface area contributed by atoms with E-state index in [-0.39, 0.29) is 0 Å². The van der Waals surface area contributed by atoms with Crippen LogP contribution in [0, 0.1) is 0 Å². The predicted octanol–water partition coefficient (Wildman–Crippen LogP) is 1.75. The van der Waals surface area contributed by atoms with Gasteiger partial charge >= 0.3 is 0 Å². The summed E-state index contributed by atoms with van der Waals surface area (Å²) in [6, 6.07) is 3.49. The van der Waals surface area contributed by atoms with Crippen molar-refractivity contribution in [2.75, 3.05) is 37.6 Å². The molecule has 0 aromatic carbocycles. The van der Waals surface area contributed by atoms with Crippen molar-refractivity contribution in [1.29, 1.82) is 0 Å². The number of aromatic nitrogens is 2. The van der Waals surface area contributed by atoms with Crippen LogP contribution in [0.15, 0.2) is 12.3 Å². The Morgan fingerprint density at radius 1 is 1.14 bits per heavy atom. The zero-order chi connectivity index (χ0) is 14.9. The van der Waals surface area contributed by atoms with Crippen LogP contribution < -0.4 is 4.90 Å². The minimum atomic E-state index is 0.625. The summed E-state index contributed by atoms with van der Waals surface area (Å²) in [5.74, 6) is 0.933. The molecule has 0 N–H and O–H groups in total. The minimum absolute atomic E-state index is 0.625. The van der Waals surface area contributed by atoms with Crippen LogP contribution >= 0.6 is 0 Å². The van der Waals surface area contributed by atoms with Crippen LogP contribution in [0.2, 0.25) is 0 Å². The predicted molar refractivity (Wildman–Crippen MR) is 87.9 cm³/mol. The van der Waals surface area contributed by atoms with Crippen LogP contribution in [0.25, 0.3) is 0 Å². The highest BCUT2D eigenvalue weighted by molar-refractivity contribution is 5.31. The lowest BCUT2D eigenvalue weighted by Gasteiger charge is -2.42. The van der Waals surface area contributed by atoms with Crippen LogP contribution in [0.4, 0.5) is 5.95 Å². The Labute approximate surface area is 133 Å². The first-order chi connectivity index (χ1) is 10.8. The average molecular weight is 301 g/mol. The van der Waals surface area contributed by atoms with E-state index in [9.17, 15) is 0 Å². The number of hydrogen-bond acceptors (Lipinski definition) is 5. The summed E-state index contributed by atoms with van der Waals surface area (Å²) in [7, 11) is 0. The minimum Gasteiger partial charge on any atom is -0.341 e. The van der Waals surface area contributed by atoms with Crippen molar-refractivity contribution in [2.24, 2.45) is 0 Å². The maximum absolute atomic E-state index is 4.83. The Balaban J connectivity index is 1.45. The molecular weight excluding hydrogens is 274 g/mol. The van der Waals surface area contributed by atoms with Crippen molar-refractivity contribution >= 4 is 5.95 Å². The Bertz CT molecular complexity index is 514. The highest BCUT2D eigenvalue weighted by Gasteiger charge is 2.34. The molecule has 3 aliphatic rings. The van der Waals surface area contributed by atoms with Crippen molar-refractivity contribution in [3.8, 4) is 0 Å². The second-order valence-corrected chi connectivity index (χ2v) is 7.11. The van der Waals surface area contributed by atoms with E-state index in [4.69, 9.17) is 4.98 Å². The van der Waals surface area contributed by atoms with E-state index in [0.717, 1.165) is 31.6 Å².